The third-order valence-corrected chi connectivity index (χ3v) is 2.13. The average molecular weight is 195 g/mol. The molecule has 0 amide bonds. The first-order chi connectivity index (χ1) is 6.05. The molecule has 1 rings (SSSR count). The van der Waals surface area contributed by atoms with Gasteiger partial charge in [-0.05, 0) is 31.9 Å². The zero-order valence-corrected chi connectivity index (χ0v) is 8.47. The standard InChI is InChI=1S/C10H11ClN2/c1-10(2,7-12)5-8-3-4-13-6-9(8)11/h3-4,6H,5H2,1-2H3. The van der Waals surface area contributed by atoms with Crippen LogP contribution in [0.5, 0.6) is 0 Å². The van der Waals surface area contributed by atoms with Gasteiger partial charge in [0.2, 0.25) is 0 Å². The van der Waals surface area contributed by atoms with Crippen LogP contribution in [-0.2, 0) is 6.42 Å². The SMILES string of the molecule is CC(C)(C#N)Cc1ccncc1Cl. The van der Waals surface area contributed by atoms with Crippen molar-refractivity contribution in [3.63, 3.8) is 0 Å². The minimum absolute atomic E-state index is 0.370. The van der Waals surface area contributed by atoms with Crippen LogP contribution in [0, 0.1) is 16.7 Å². The molecule has 3 heteroatoms. The highest BCUT2D eigenvalue weighted by Gasteiger charge is 2.18. The monoisotopic (exact) mass is 194 g/mol. The number of hydrogen-bond donors (Lipinski definition) is 0. The predicted molar refractivity (Wildman–Crippen MR) is 52.3 cm³/mol. The van der Waals surface area contributed by atoms with Crippen LogP contribution < -0.4 is 0 Å². The summed E-state index contributed by atoms with van der Waals surface area (Å²) in [6, 6.07) is 4.09. The Kier molecular flexibility index (Phi) is 2.90. The van der Waals surface area contributed by atoms with Gasteiger partial charge in [-0.1, -0.05) is 11.6 Å². The largest absolute Gasteiger partial charge is 0.263 e. The maximum absolute atomic E-state index is 8.84. The Labute approximate surface area is 83.2 Å². The van der Waals surface area contributed by atoms with Crippen molar-refractivity contribution in [1.29, 1.82) is 5.26 Å². The van der Waals surface area contributed by atoms with Crippen LogP contribution in [0.3, 0.4) is 0 Å². The highest BCUT2D eigenvalue weighted by atomic mass is 35.5. The van der Waals surface area contributed by atoms with Gasteiger partial charge in [0.1, 0.15) is 0 Å². The van der Waals surface area contributed by atoms with E-state index in [1.807, 2.05) is 19.9 Å². The molecule has 0 aliphatic carbocycles. The maximum Gasteiger partial charge on any atom is 0.0687 e. The predicted octanol–water partition coefficient (Wildman–Crippen LogP) is 2.83. The minimum atomic E-state index is -0.370. The Morgan fingerprint density at radius 1 is 1.62 bits per heavy atom. The number of aromatic nitrogens is 1. The number of nitriles is 1. The van der Waals surface area contributed by atoms with Crippen molar-refractivity contribution in [1.82, 2.24) is 4.98 Å². The molecule has 0 aromatic carbocycles. The van der Waals surface area contributed by atoms with E-state index in [-0.39, 0.29) is 5.41 Å². The van der Waals surface area contributed by atoms with Crippen LogP contribution >= 0.6 is 11.6 Å². The van der Waals surface area contributed by atoms with E-state index in [4.69, 9.17) is 16.9 Å². The molecule has 0 fully saturated rings. The summed E-state index contributed by atoms with van der Waals surface area (Å²) in [5.74, 6) is 0. The van der Waals surface area contributed by atoms with Gasteiger partial charge in [0, 0.05) is 12.4 Å². The van der Waals surface area contributed by atoms with Crippen LogP contribution in [0.2, 0.25) is 5.02 Å². The Morgan fingerprint density at radius 3 is 2.85 bits per heavy atom. The van der Waals surface area contributed by atoms with Crippen LogP contribution in [0.15, 0.2) is 18.5 Å². The van der Waals surface area contributed by atoms with Crippen LogP contribution in [0.25, 0.3) is 0 Å². The number of rotatable bonds is 2. The molecule has 1 heterocycles. The third kappa shape index (κ3) is 2.71. The lowest BCUT2D eigenvalue weighted by atomic mass is 9.88. The Hall–Kier alpha value is -1.07. The molecule has 0 bridgehead atoms. The van der Waals surface area contributed by atoms with Crippen molar-refractivity contribution >= 4 is 11.6 Å². The van der Waals surface area contributed by atoms with Crippen molar-refractivity contribution in [3.8, 4) is 6.07 Å². The highest BCUT2D eigenvalue weighted by molar-refractivity contribution is 6.31. The smallest absolute Gasteiger partial charge is 0.0687 e. The van der Waals surface area contributed by atoms with Gasteiger partial charge in [-0.25, -0.2) is 0 Å². The molecular formula is C10H11ClN2. The second kappa shape index (κ2) is 3.76. The normalized spacial score (nSPS) is 10.9. The average Bonchev–Trinajstić information content (AvgIpc) is 2.09. The Bertz CT molecular complexity index is 339. The lowest BCUT2D eigenvalue weighted by Crippen LogP contribution is -2.12. The zero-order chi connectivity index (χ0) is 9.90. The molecule has 0 atom stereocenters. The van der Waals surface area contributed by atoms with Crippen molar-refractivity contribution in [2.45, 2.75) is 20.3 Å². The first-order valence-corrected chi connectivity index (χ1v) is 4.42. The fraction of sp³-hybridized carbons (Fsp3) is 0.400. The minimum Gasteiger partial charge on any atom is -0.263 e. The first kappa shape index (κ1) is 10.0. The summed E-state index contributed by atoms with van der Waals surface area (Å²) in [6.07, 6.45) is 3.95. The second-order valence-corrected chi connectivity index (χ2v) is 4.05. The van der Waals surface area contributed by atoms with E-state index in [9.17, 15) is 0 Å². The molecule has 68 valence electrons. The van der Waals surface area contributed by atoms with Gasteiger partial charge in [-0.15, -0.1) is 0 Å². The van der Waals surface area contributed by atoms with E-state index in [1.165, 1.54) is 0 Å². The van der Waals surface area contributed by atoms with E-state index < -0.39 is 0 Å². The second-order valence-electron chi connectivity index (χ2n) is 3.64. The fourth-order valence-electron chi connectivity index (χ4n) is 1.06. The Balaban J connectivity index is 2.88. The number of hydrogen-bond acceptors (Lipinski definition) is 2. The number of nitrogens with zero attached hydrogens (tertiary/aromatic N) is 2. The van der Waals surface area contributed by atoms with Gasteiger partial charge < -0.3 is 0 Å². The molecular weight excluding hydrogens is 184 g/mol. The molecule has 13 heavy (non-hydrogen) atoms. The molecule has 0 radical (unpaired) electrons. The summed E-state index contributed by atoms with van der Waals surface area (Å²) in [6.45, 7) is 3.79. The van der Waals surface area contributed by atoms with Gasteiger partial charge in [-0.3, -0.25) is 4.98 Å². The number of halogens is 1. The molecule has 1 aromatic heterocycles. The molecule has 0 unspecified atom stereocenters. The third-order valence-electron chi connectivity index (χ3n) is 1.79. The van der Waals surface area contributed by atoms with Gasteiger partial charge in [-0.2, -0.15) is 5.26 Å². The fourth-order valence-corrected chi connectivity index (χ4v) is 1.25. The van der Waals surface area contributed by atoms with Crippen LogP contribution in [0.1, 0.15) is 19.4 Å². The zero-order valence-electron chi connectivity index (χ0n) is 7.71. The summed E-state index contributed by atoms with van der Waals surface area (Å²) in [7, 11) is 0. The summed E-state index contributed by atoms with van der Waals surface area (Å²) in [5, 5.41) is 9.47. The van der Waals surface area contributed by atoms with E-state index in [2.05, 4.69) is 11.1 Å². The molecule has 0 N–H and O–H groups in total. The molecule has 0 aliphatic rings. The highest BCUT2D eigenvalue weighted by Crippen LogP contribution is 2.24. The summed E-state index contributed by atoms with van der Waals surface area (Å²) in [4.78, 5) is 3.89. The molecule has 0 aliphatic heterocycles. The van der Waals surface area contributed by atoms with E-state index >= 15 is 0 Å². The van der Waals surface area contributed by atoms with Gasteiger partial charge in [0.25, 0.3) is 0 Å². The molecule has 0 spiro atoms. The summed E-state index contributed by atoms with van der Waals surface area (Å²) in [5.41, 5.74) is 0.605. The Morgan fingerprint density at radius 2 is 2.31 bits per heavy atom. The van der Waals surface area contributed by atoms with Crippen molar-refractivity contribution in [2.24, 2.45) is 5.41 Å². The van der Waals surface area contributed by atoms with Gasteiger partial charge in [0.15, 0.2) is 0 Å². The van der Waals surface area contributed by atoms with Crippen LogP contribution in [-0.4, -0.2) is 4.98 Å². The summed E-state index contributed by atoms with van der Waals surface area (Å²) >= 11 is 5.92. The van der Waals surface area contributed by atoms with Crippen molar-refractivity contribution < 1.29 is 0 Å². The lowest BCUT2D eigenvalue weighted by molar-refractivity contribution is 0.493. The quantitative estimate of drug-likeness (QED) is 0.726. The van der Waals surface area contributed by atoms with E-state index in [1.54, 1.807) is 12.4 Å². The molecule has 0 saturated carbocycles. The molecule has 1 aromatic rings. The van der Waals surface area contributed by atoms with Crippen LogP contribution in [0.4, 0.5) is 0 Å². The van der Waals surface area contributed by atoms with E-state index in [0.29, 0.717) is 11.4 Å². The first-order valence-electron chi connectivity index (χ1n) is 4.05. The molecule has 2 nitrogen and oxygen atoms in total. The van der Waals surface area contributed by atoms with E-state index in [0.717, 1.165) is 5.56 Å². The topological polar surface area (TPSA) is 36.7 Å². The van der Waals surface area contributed by atoms with Gasteiger partial charge >= 0.3 is 0 Å². The van der Waals surface area contributed by atoms with Gasteiger partial charge in [0.05, 0.1) is 16.5 Å². The summed E-state index contributed by atoms with van der Waals surface area (Å²) < 4.78 is 0. The van der Waals surface area contributed by atoms with Crippen molar-refractivity contribution in [2.75, 3.05) is 0 Å². The number of pyridine rings is 1. The molecule has 0 saturated heterocycles. The lowest BCUT2D eigenvalue weighted by Gasteiger charge is -2.15. The van der Waals surface area contributed by atoms with Crippen molar-refractivity contribution in [3.05, 3.63) is 29.0 Å². The maximum atomic E-state index is 8.84.